The zero-order valence-electron chi connectivity index (χ0n) is 16.5. The lowest BCUT2D eigenvalue weighted by Crippen LogP contribution is -2.42. The average Bonchev–Trinajstić information content (AvgIpc) is 2.86. The highest BCUT2D eigenvalue weighted by atomic mass is 16.4. The summed E-state index contributed by atoms with van der Waals surface area (Å²) in [6.45, 7) is 9.10. The minimum atomic E-state index is -1.02. The molecule has 0 saturated heterocycles. The molecule has 2 aromatic rings. The molecule has 0 unspecified atom stereocenters. The van der Waals surface area contributed by atoms with Gasteiger partial charge in [-0.15, -0.1) is 0 Å². The molecule has 0 aliphatic carbocycles. The predicted molar refractivity (Wildman–Crippen MR) is 105 cm³/mol. The van der Waals surface area contributed by atoms with Crippen molar-refractivity contribution in [2.24, 2.45) is 5.92 Å². The fraction of sp³-hybridized carbons (Fsp3) is 0.476. The van der Waals surface area contributed by atoms with Gasteiger partial charge in [-0.2, -0.15) is 5.10 Å². The van der Waals surface area contributed by atoms with Crippen LogP contribution >= 0.6 is 0 Å². The minimum absolute atomic E-state index is 0.244. The van der Waals surface area contributed by atoms with Crippen LogP contribution < -0.4 is 5.32 Å². The highest BCUT2D eigenvalue weighted by Crippen LogP contribution is 2.16. The summed E-state index contributed by atoms with van der Waals surface area (Å²) >= 11 is 0. The third-order valence-corrected chi connectivity index (χ3v) is 4.59. The van der Waals surface area contributed by atoms with Gasteiger partial charge in [0.1, 0.15) is 6.04 Å². The Hall–Kier alpha value is -2.63. The molecule has 0 radical (unpaired) electrons. The Labute approximate surface area is 160 Å². The van der Waals surface area contributed by atoms with Crippen molar-refractivity contribution in [1.29, 1.82) is 0 Å². The number of amides is 1. The van der Waals surface area contributed by atoms with Crippen molar-refractivity contribution in [3.8, 4) is 0 Å². The van der Waals surface area contributed by atoms with Crippen LogP contribution in [-0.2, 0) is 29.0 Å². The summed E-state index contributed by atoms with van der Waals surface area (Å²) < 4.78 is 1.99. The third kappa shape index (κ3) is 5.94. The molecule has 0 spiro atoms. The van der Waals surface area contributed by atoms with Gasteiger partial charge in [-0.25, -0.2) is 4.79 Å². The number of nitrogens with zero attached hydrogens (tertiary/aromatic N) is 2. The smallest absolute Gasteiger partial charge is 0.326 e. The molecule has 2 rings (SSSR count). The van der Waals surface area contributed by atoms with E-state index in [1.807, 2.05) is 48.9 Å². The van der Waals surface area contributed by atoms with Crippen molar-refractivity contribution >= 4 is 11.9 Å². The van der Waals surface area contributed by atoms with E-state index in [4.69, 9.17) is 0 Å². The SMILES string of the molecule is Cc1nn(CC(C)C)c(C)c1CCC(=O)N[C@H](Cc1ccccc1)C(=O)O. The summed E-state index contributed by atoms with van der Waals surface area (Å²) in [6.07, 6.45) is 1.07. The van der Waals surface area contributed by atoms with E-state index in [0.717, 1.165) is 29.1 Å². The van der Waals surface area contributed by atoms with Gasteiger partial charge in [0.25, 0.3) is 0 Å². The maximum absolute atomic E-state index is 12.3. The lowest BCUT2D eigenvalue weighted by molar-refractivity contribution is -0.141. The second-order valence-electron chi connectivity index (χ2n) is 7.37. The number of nitrogens with one attached hydrogen (secondary N) is 1. The van der Waals surface area contributed by atoms with Crippen molar-refractivity contribution in [3.63, 3.8) is 0 Å². The molecule has 0 saturated carbocycles. The van der Waals surface area contributed by atoms with Gasteiger partial charge in [0.05, 0.1) is 5.69 Å². The van der Waals surface area contributed by atoms with Crippen LogP contribution in [0, 0.1) is 19.8 Å². The Kier molecular flexibility index (Phi) is 7.16. The number of aryl methyl sites for hydroxylation is 1. The van der Waals surface area contributed by atoms with Gasteiger partial charge in [-0.1, -0.05) is 44.2 Å². The molecule has 1 heterocycles. The molecule has 1 amide bonds. The van der Waals surface area contributed by atoms with Crippen molar-refractivity contribution < 1.29 is 14.7 Å². The van der Waals surface area contributed by atoms with Crippen LogP contribution in [0.3, 0.4) is 0 Å². The molecule has 0 aliphatic rings. The Morgan fingerprint density at radius 2 is 1.85 bits per heavy atom. The molecular weight excluding hydrogens is 342 g/mol. The minimum Gasteiger partial charge on any atom is -0.480 e. The van der Waals surface area contributed by atoms with E-state index in [1.54, 1.807) is 0 Å². The quantitative estimate of drug-likeness (QED) is 0.710. The number of hydrogen-bond donors (Lipinski definition) is 2. The Bertz CT molecular complexity index is 781. The number of carboxylic acids is 1. The largest absolute Gasteiger partial charge is 0.480 e. The van der Waals surface area contributed by atoms with E-state index < -0.39 is 12.0 Å². The summed E-state index contributed by atoms with van der Waals surface area (Å²) in [5.41, 5.74) is 3.96. The first-order chi connectivity index (χ1) is 12.8. The van der Waals surface area contributed by atoms with Crippen LogP contribution in [0.25, 0.3) is 0 Å². The fourth-order valence-electron chi connectivity index (χ4n) is 3.17. The molecule has 1 atom stereocenters. The Balaban J connectivity index is 1.96. The van der Waals surface area contributed by atoms with Gasteiger partial charge >= 0.3 is 5.97 Å². The van der Waals surface area contributed by atoms with Crippen molar-refractivity contribution in [3.05, 3.63) is 52.8 Å². The molecule has 1 aromatic carbocycles. The highest BCUT2D eigenvalue weighted by Gasteiger charge is 2.21. The number of aromatic nitrogens is 2. The van der Waals surface area contributed by atoms with E-state index in [0.29, 0.717) is 12.3 Å². The zero-order valence-corrected chi connectivity index (χ0v) is 16.5. The Morgan fingerprint density at radius 3 is 2.44 bits per heavy atom. The lowest BCUT2D eigenvalue weighted by Gasteiger charge is -2.15. The maximum atomic E-state index is 12.3. The van der Waals surface area contributed by atoms with E-state index in [2.05, 4.69) is 24.3 Å². The van der Waals surface area contributed by atoms with E-state index in [-0.39, 0.29) is 18.7 Å². The first-order valence-electron chi connectivity index (χ1n) is 9.37. The van der Waals surface area contributed by atoms with Crippen molar-refractivity contribution in [1.82, 2.24) is 15.1 Å². The van der Waals surface area contributed by atoms with Crippen LogP contribution in [-0.4, -0.2) is 32.8 Å². The molecule has 1 aromatic heterocycles. The third-order valence-electron chi connectivity index (χ3n) is 4.59. The van der Waals surface area contributed by atoms with Crippen LogP contribution in [0.2, 0.25) is 0 Å². The van der Waals surface area contributed by atoms with Crippen molar-refractivity contribution in [2.45, 2.75) is 59.5 Å². The number of aliphatic carboxylic acids is 1. The second-order valence-corrected chi connectivity index (χ2v) is 7.37. The molecule has 0 aliphatic heterocycles. The summed E-state index contributed by atoms with van der Waals surface area (Å²) in [5, 5.41) is 16.6. The lowest BCUT2D eigenvalue weighted by atomic mass is 10.0. The molecular formula is C21H29N3O3. The number of carbonyl (C=O) groups excluding carboxylic acids is 1. The molecule has 2 N–H and O–H groups in total. The van der Waals surface area contributed by atoms with Crippen molar-refractivity contribution in [2.75, 3.05) is 0 Å². The van der Waals surface area contributed by atoms with Gasteiger partial charge in [0.2, 0.25) is 5.91 Å². The van der Waals surface area contributed by atoms with Crippen LogP contribution in [0.15, 0.2) is 30.3 Å². The summed E-state index contributed by atoms with van der Waals surface area (Å²) in [4.78, 5) is 23.8. The number of carboxylic acid groups (broad SMARTS) is 1. The fourth-order valence-corrected chi connectivity index (χ4v) is 3.17. The van der Waals surface area contributed by atoms with Crippen LogP contribution in [0.1, 0.15) is 42.8 Å². The second kappa shape index (κ2) is 9.35. The molecule has 0 bridgehead atoms. The first-order valence-corrected chi connectivity index (χ1v) is 9.37. The molecule has 146 valence electrons. The maximum Gasteiger partial charge on any atom is 0.326 e. The monoisotopic (exact) mass is 371 g/mol. The average molecular weight is 371 g/mol. The standard InChI is InChI=1S/C21H29N3O3/c1-14(2)13-24-16(4)18(15(3)23-24)10-11-20(25)22-19(21(26)27)12-17-8-6-5-7-9-17/h5-9,14,19H,10-13H2,1-4H3,(H,22,25)(H,26,27)/t19-/m1/s1. The molecule has 0 fully saturated rings. The summed E-state index contributed by atoms with van der Waals surface area (Å²) in [5.74, 6) is -0.786. The van der Waals surface area contributed by atoms with Gasteiger partial charge < -0.3 is 10.4 Å². The summed E-state index contributed by atoms with van der Waals surface area (Å²) in [6, 6.07) is 8.38. The van der Waals surface area contributed by atoms with Crippen LogP contribution in [0.4, 0.5) is 0 Å². The highest BCUT2D eigenvalue weighted by molar-refractivity contribution is 5.83. The first kappa shape index (κ1) is 20.7. The number of hydrogen-bond acceptors (Lipinski definition) is 3. The van der Waals surface area contributed by atoms with E-state index >= 15 is 0 Å². The summed E-state index contributed by atoms with van der Waals surface area (Å²) in [7, 11) is 0. The number of benzene rings is 1. The normalized spacial score (nSPS) is 12.2. The predicted octanol–water partition coefficient (Wildman–Crippen LogP) is 2.90. The van der Waals surface area contributed by atoms with E-state index in [9.17, 15) is 14.7 Å². The Morgan fingerprint density at radius 1 is 1.19 bits per heavy atom. The molecule has 27 heavy (non-hydrogen) atoms. The number of rotatable bonds is 9. The van der Waals surface area contributed by atoms with Gasteiger partial charge in [-0.3, -0.25) is 9.48 Å². The van der Waals surface area contributed by atoms with Crippen LogP contribution in [0.5, 0.6) is 0 Å². The molecule has 6 heteroatoms. The van der Waals surface area contributed by atoms with Gasteiger partial charge in [0.15, 0.2) is 0 Å². The zero-order chi connectivity index (χ0) is 20.0. The van der Waals surface area contributed by atoms with Gasteiger partial charge in [0, 0.05) is 25.1 Å². The number of carbonyl (C=O) groups is 2. The van der Waals surface area contributed by atoms with Gasteiger partial charge in [-0.05, 0) is 37.3 Å². The van der Waals surface area contributed by atoms with E-state index in [1.165, 1.54) is 0 Å². The topological polar surface area (TPSA) is 84.2 Å². The molecule has 6 nitrogen and oxygen atoms in total.